The van der Waals surface area contributed by atoms with E-state index < -0.39 is 24.3 Å². The van der Waals surface area contributed by atoms with Gasteiger partial charge in [-0.25, -0.2) is 4.79 Å². The number of halogens is 3. The lowest BCUT2D eigenvalue weighted by Crippen LogP contribution is -2.34. The highest BCUT2D eigenvalue weighted by molar-refractivity contribution is 5.80. The van der Waals surface area contributed by atoms with Gasteiger partial charge in [0.1, 0.15) is 0 Å². The zero-order valence-electron chi connectivity index (χ0n) is 9.42. The molecule has 1 aliphatic carbocycles. The highest BCUT2D eigenvalue weighted by atomic mass is 19.4. The number of carbonyl (C=O) groups is 2. The van der Waals surface area contributed by atoms with Crippen molar-refractivity contribution in [2.24, 2.45) is 5.92 Å². The Bertz CT molecular complexity index is 355. The Labute approximate surface area is 101 Å². The SMILES string of the molecule is O=C(NC1CC1)[C@@H]1CNC(OC(=O)C(F)(F)F)C1. The Morgan fingerprint density at radius 2 is 1.94 bits per heavy atom. The van der Waals surface area contributed by atoms with Crippen LogP contribution in [-0.2, 0) is 14.3 Å². The molecule has 0 spiro atoms. The molecule has 1 saturated carbocycles. The molecule has 0 aromatic carbocycles. The molecule has 2 N–H and O–H groups in total. The highest BCUT2D eigenvalue weighted by Crippen LogP contribution is 2.23. The van der Waals surface area contributed by atoms with Crippen molar-refractivity contribution < 1.29 is 27.5 Å². The summed E-state index contributed by atoms with van der Waals surface area (Å²) in [4.78, 5) is 22.2. The summed E-state index contributed by atoms with van der Waals surface area (Å²) in [6.07, 6.45) is -4.10. The number of hydrogen-bond acceptors (Lipinski definition) is 4. The van der Waals surface area contributed by atoms with Crippen LogP contribution in [0.15, 0.2) is 0 Å². The zero-order valence-corrected chi connectivity index (χ0v) is 9.42. The van der Waals surface area contributed by atoms with Gasteiger partial charge < -0.3 is 10.1 Å². The molecule has 0 aromatic heterocycles. The third-order valence-electron chi connectivity index (χ3n) is 2.87. The standard InChI is InChI=1S/C10H13F3N2O3/c11-10(12,13)9(17)18-7-3-5(4-14-7)8(16)15-6-1-2-6/h5-7,14H,1-4H2,(H,15,16)/t5-,7?/m0/s1. The van der Waals surface area contributed by atoms with E-state index in [0.29, 0.717) is 0 Å². The van der Waals surface area contributed by atoms with Crippen molar-refractivity contribution in [3.8, 4) is 0 Å². The molecular weight excluding hydrogens is 253 g/mol. The molecule has 0 bridgehead atoms. The predicted molar refractivity (Wildman–Crippen MR) is 53.2 cm³/mol. The summed E-state index contributed by atoms with van der Waals surface area (Å²) in [5, 5.41) is 5.34. The van der Waals surface area contributed by atoms with Gasteiger partial charge in [0.2, 0.25) is 5.91 Å². The van der Waals surface area contributed by atoms with Crippen LogP contribution in [0.4, 0.5) is 13.2 Å². The summed E-state index contributed by atoms with van der Waals surface area (Å²) in [5.41, 5.74) is 0. The third-order valence-corrected chi connectivity index (χ3v) is 2.87. The van der Waals surface area contributed by atoms with Crippen LogP contribution in [0.5, 0.6) is 0 Å². The number of hydrogen-bond donors (Lipinski definition) is 2. The molecule has 1 aliphatic heterocycles. The van der Waals surface area contributed by atoms with E-state index in [2.05, 4.69) is 15.4 Å². The van der Waals surface area contributed by atoms with Gasteiger partial charge in [0.15, 0.2) is 6.23 Å². The van der Waals surface area contributed by atoms with Crippen molar-refractivity contribution >= 4 is 11.9 Å². The molecule has 1 saturated heterocycles. The van der Waals surface area contributed by atoms with E-state index in [1.807, 2.05) is 0 Å². The van der Waals surface area contributed by atoms with Gasteiger partial charge in [-0.3, -0.25) is 10.1 Å². The Kier molecular flexibility index (Phi) is 3.47. The molecule has 18 heavy (non-hydrogen) atoms. The van der Waals surface area contributed by atoms with Gasteiger partial charge in [-0.05, 0) is 12.8 Å². The molecule has 1 heterocycles. The van der Waals surface area contributed by atoms with Crippen molar-refractivity contribution in [1.82, 2.24) is 10.6 Å². The molecular formula is C10H13F3N2O3. The van der Waals surface area contributed by atoms with Crippen molar-refractivity contribution in [3.63, 3.8) is 0 Å². The molecule has 2 rings (SSSR count). The lowest BCUT2D eigenvalue weighted by atomic mass is 10.1. The molecule has 1 unspecified atom stereocenters. The summed E-state index contributed by atoms with van der Waals surface area (Å²) in [7, 11) is 0. The van der Waals surface area contributed by atoms with E-state index >= 15 is 0 Å². The Morgan fingerprint density at radius 1 is 1.28 bits per heavy atom. The number of nitrogens with one attached hydrogen (secondary N) is 2. The van der Waals surface area contributed by atoms with Crippen LogP contribution in [0, 0.1) is 5.92 Å². The number of amides is 1. The monoisotopic (exact) mass is 266 g/mol. The average molecular weight is 266 g/mol. The lowest BCUT2D eigenvalue weighted by molar-refractivity contribution is -0.205. The van der Waals surface area contributed by atoms with Crippen LogP contribution in [-0.4, -0.2) is 36.9 Å². The summed E-state index contributed by atoms with van der Waals surface area (Å²) in [5.74, 6) is -2.88. The summed E-state index contributed by atoms with van der Waals surface area (Å²) < 4.78 is 40.1. The Morgan fingerprint density at radius 3 is 2.50 bits per heavy atom. The van der Waals surface area contributed by atoms with Crippen molar-refractivity contribution in [1.29, 1.82) is 0 Å². The molecule has 1 amide bonds. The van der Waals surface area contributed by atoms with Crippen LogP contribution >= 0.6 is 0 Å². The van der Waals surface area contributed by atoms with E-state index in [1.165, 1.54) is 0 Å². The smallest absolute Gasteiger partial charge is 0.440 e. The van der Waals surface area contributed by atoms with Crippen molar-refractivity contribution in [2.75, 3.05) is 6.54 Å². The van der Waals surface area contributed by atoms with Crippen LogP contribution in [0.25, 0.3) is 0 Å². The molecule has 2 fully saturated rings. The second-order valence-corrected chi connectivity index (χ2v) is 4.52. The first kappa shape index (κ1) is 13.1. The van der Waals surface area contributed by atoms with Crippen LogP contribution < -0.4 is 10.6 Å². The number of carbonyl (C=O) groups excluding carboxylic acids is 2. The predicted octanol–water partition coefficient (Wildman–Crippen LogP) is 0.306. The minimum Gasteiger partial charge on any atom is -0.440 e. The lowest BCUT2D eigenvalue weighted by Gasteiger charge is -2.13. The topological polar surface area (TPSA) is 67.4 Å². The maximum Gasteiger partial charge on any atom is 0.490 e. The molecule has 2 atom stereocenters. The number of esters is 1. The van der Waals surface area contributed by atoms with Crippen LogP contribution in [0.2, 0.25) is 0 Å². The summed E-state index contributed by atoms with van der Waals surface area (Å²) >= 11 is 0. The van der Waals surface area contributed by atoms with Gasteiger partial charge in [-0.2, -0.15) is 13.2 Å². The molecule has 0 radical (unpaired) electrons. The van der Waals surface area contributed by atoms with E-state index in [1.54, 1.807) is 0 Å². The summed E-state index contributed by atoms with van der Waals surface area (Å²) in [6.45, 7) is 0.217. The summed E-state index contributed by atoms with van der Waals surface area (Å²) in [6, 6.07) is 0.203. The fourth-order valence-corrected chi connectivity index (χ4v) is 1.73. The number of alkyl halides is 3. The normalized spacial score (nSPS) is 27.9. The first-order chi connectivity index (χ1) is 8.36. The van der Waals surface area contributed by atoms with E-state index in [9.17, 15) is 22.8 Å². The van der Waals surface area contributed by atoms with Gasteiger partial charge in [-0.15, -0.1) is 0 Å². The first-order valence-corrected chi connectivity index (χ1v) is 5.68. The van der Waals surface area contributed by atoms with Gasteiger partial charge in [0.05, 0.1) is 5.92 Å². The number of rotatable bonds is 3. The zero-order chi connectivity index (χ0) is 13.3. The Hall–Kier alpha value is -1.31. The average Bonchev–Trinajstić information content (AvgIpc) is 2.93. The van der Waals surface area contributed by atoms with Crippen LogP contribution in [0.3, 0.4) is 0 Å². The third kappa shape index (κ3) is 3.34. The maximum absolute atomic E-state index is 12.0. The van der Waals surface area contributed by atoms with Gasteiger partial charge in [-0.1, -0.05) is 0 Å². The van der Waals surface area contributed by atoms with Crippen molar-refractivity contribution in [3.05, 3.63) is 0 Å². The van der Waals surface area contributed by atoms with Crippen molar-refractivity contribution in [2.45, 2.75) is 37.7 Å². The van der Waals surface area contributed by atoms with Gasteiger partial charge in [0, 0.05) is 19.0 Å². The quantitative estimate of drug-likeness (QED) is 0.721. The second-order valence-electron chi connectivity index (χ2n) is 4.52. The van der Waals surface area contributed by atoms with Gasteiger partial charge in [0.25, 0.3) is 0 Å². The first-order valence-electron chi connectivity index (χ1n) is 5.68. The maximum atomic E-state index is 12.0. The largest absolute Gasteiger partial charge is 0.490 e. The molecule has 8 heteroatoms. The molecule has 102 valence electrons. The van der Waals surface area contributed by atoms with Crippen LogP contribution in [0.1, 0.15) is 19.3 Å². The second kappa shape index (κ2) is 4.75. The minimum absolute atomic E-state index is 0.0698. The minimum atomic E-state index is -5.00. The van der Waals surface area contributed by atoms with E-state index in [0.717, 1.165) is 12.8 Å². The Balaban J connectivity index is 1.77. The van der Waals surface area contributed by atoms with E-state index in [-0.39, 0.29) is 24.9 Å². The van der Waals surface area contributed by atoms with Gasteiger partial charge >= 0.3 is 12.1 Å². The number of ether oxygens (including phenoxy) is 1. The highest BCUT2D eigenvalue weighted by Gasteiger charge is 2.44. The fourth-order valence-electron chi connectivity index (χ4n) is 1.73. The molecule has 5 nitrogen and oxygen atoms in total. The molecule has 0 aromatic rings. The fraction of sp³-hybridized carbons (Fsp3) is 0.800. The van der Waals surface area contributed by atoms with E-state index in [4.69, 9.17) is 0 Å². The molecule has 2 aliphatic rings.